The van der Waals surface area contributed by atoms with Gasteiger partial charge in [-0.2, -0.15) is 12.7 Å². The van der Waals surface area contributed by atoms with Crippen molar-refractivity contribution in [3.05, 3.63) is 30.3 Å². The first-order valence-corrected chi connectivity index (χ1v) is 8.98. The van der Waals surface area contributed by atoms with Gasteiger partial charge in [0.25, 0.3) is 0 Å². The molecule has 1 saturated heterocycles. The molecule has 0 radical (unpaired) electrons. The highest BCUT2D eigenvalue weighted by atomic mass is 32.2. The van der Waals surface area contributed by atoms with Crippen LogP contribution in [0, 0.1) is 5.92 Å². The Morgan fingerprint density at radius 2 is 1.86 bits per heavy atom. The van der Waals surface area contributed by atoms with Crippen molar-refractivity contribution >= 4 is 15.9 Å². The quantitative estimate of drug-likeness (QED) is 0.871. The first-order valence-electron chi connectivity index (χ1n) is 7.58. The molecule has 2 N–H and O–H groups in total. The number of rotatable bonds is 6. The third-order valence-electron chi connectivity index (χ3n) is 3.96. The summed E-state index contributed by atoms with van der Waals surface area (Å²) in [7, 11) is -3.46. The fraction of sp³-hybridized carbons (Fsp3) is 0.600. The van der Waals surface area contributed by atoms with Gasteiger partial charge in [0.15, 0.2) is 0 Å². The summed E-state index contributed by atoms with van der Waals surface area (Å²) in [6.07, 6.45) is 2.51. The Bertz CT molecular complexity index is 525. The van der Waals surface area contributed by atoms with Crippen LogP contribution in [0.1, 0.15) is 26.2 Å². The van der Waals surface area contributed by atoms with Crippen LogP contribution in [0.25, 0.3) is 0 Å². The Balaban J connectivity index is 2.22. The van der Waals surface area contributed by atoms with Crippen LogP contribution in [0.3, 0.4) is 0 Å². The van der Waals surface area contributed by atoms with Crippen LogP contribution in [0.5, 0.6) is 0 Å². The Morgan fingerprint density at radius 3 is 2.43 bits per heavy atom. The highest BCUT2D eigenvalue weighted by molar-refractivity contribution is 7.90. The van der Waals surface area contributed by atoms with Crippen molar-refractivity contribution in [1.82, 2.24) is 4.31 Å². The lowest BCUT2D eigenvalue weighted by Crippen LogP contribution is -2.47. The molecule has 118 valence electrons. The summed E-state index contributed by atoms with van der Waals surface area (Å²) in [5.41, 5.74) is 6.27. The summed E-state index contributed by atoms with van der Waals surface area (Å²) >= 11 is 0. The second-order valence-corrected chi connectivity index (χ2v) is 7.49. The van der Waals surface area contributed by atoms with E-state index in [1.165, 1.54) is 4.31 Å². The lowest BCUT2D eigenvalue weighted by atomic mass is 10.0. The van der Waals surface area contributed by atoms with Crippen LogP contribution in [0.15, 0.2) is 30.3 Å². The van der Waals surface area contributed by atoms with E-state index in [1.54, 1.807) is 4.31 Å². The molecule has 5 nitrogen and oxygen atoms in total. The van der Waals surface area contributed by atoms with E-state index in [0.29, 0.717) is 44.2 Å². The largest absolute Gasteiger partial charge is 0.330 e. The van der Waals surface area contributed by atoms with Gasteiger partial charge in [-0.15, -0.1) is 0 Å². The average molecular weight is 311 g/mol. The summed E-state index contributed by atoms with van der Waals surface area (Å²) in [5.74, 6) is 0.602. The van der Waals surface area contributed by atoms with Gasteiger partial charge in [-0.05, 0) is 43.9 Å². The van der Waals surface area contributed by atoms with E-state index in [9.17, 15) is 8.42 Å². The molecule has 0 saturated carbocycles. The van der Waals surface area contributed by atoms with Crippen molar-refractivity contribution < 1.29 is 8.42 Å². The molecule has 21 heavy (non-hydrogen) atoms. The normalized spacial score (nSPS) is 17.8. The molecule has 0 aromatic heterocycles. The number of nitrogens with two attached hydrogens (primary N) is 1. The van der Waals surface area contributed by atoms with Crippen LogP contribution in [0.2, 0.25) is 0 Å². The number of anilines is 1. The van der Waals surface area contributed by atoms with Gasteiger partial charge < -0.3 is 5.73 Å². The van der Waals surface area contributed by atoms with Crippen LogP contribution < -0.4 is 10.0 Å². The van der Waals surface area contributed by atoms with Gasteiger partial charge in [-0.3, -0.25) is 4.31 Å². The highest BCUT2D eigenvalue weighted by Gasteiger charge is 2.31. The Hall–Kier alpha value is -1.11. The van der Waals surface area contributed by atoms with E-state index in [0.717, 1.165) is 12.8 Å². The Kier molecular flexibility index (Phi) is 5.61. The van der Waals surface area contributed by atoms with Crippen molar-refractivity contribution in [3.8, 4) is 0 Å². The van der Waals surface area contributed by atoms with E-state index in [4.69, 9.17) is 5.73 Å². The number of hydrogen-bond acceptors (Lipinski definition) is 3. The third-order valence-corrected chi connectivity index (χ3v) is 5.93. The maximum Gasteiger partial charge on any atom is 0.304 e. The molecule has 1 heterocycles. The molecular formula is C15H25N3O2S. The van der Waals surface area contributed by atoms with Gasteiger partial charge in [-0.25, -0.2) is 0 Å². The number of piperidine rings is 1. The van der Waals surface area contributed by atoms with E-state index in [1.807, 2.05) is 30.3 Å². The lowest BCUT2D eigenvalue weighted by Gasteiger charge is -2.35. The molecule has 0 atom stereocenters. The molecule has 1 fully saturated rings. The van der Waals surface area contributed by atoms with Crippen LogP contribution in [-0.4, -0.2) is 38.9 Å². The van der Waals surface area contributed by atoms with E-state index >= 15 is 0 Å². The molecule has 1 aliphatic rings. The lowest BCUT2D eigenvalue weighted by molar-refractivity contribution is 0.287. The summed E-state index contributed by atoms with van der Waals surface area (Å²) in [4.78, 5) is 0. The second-order valence-electron chi connectivity index (χ2n) is 5.64. The predicted octanol–water partition coefficient (Wildman–Crippen LogP) is 1.82. The summed E-state index contributed by atoms with van der Waals surface area (Å²) in [6, 6.07) is 9.28. The van der Waals surface area contributed by atoms with Crippen molar-refractivity contribution in [1.29, 1.82) is 0 Å². The molecule has 1 aromatic carbocycles. The molecule has 0 spiro atoms. The minimum absolute atomic E-state index is 0.425. The number of para-hydroxylation sites is 1. The first-order chi connectivity index (χ1) is 10.1. The minimum Gasteiger partial charge on any atom is -0.330 e. The number of nitrogens with zero attached hydrogens (tertiary/aromatic N) is 2. The molecule has 6 heteroatoms. The van der Waals surface area contributed by atoms with Crippen molar-refractivity contribution in [2.45, 2.75) is 26.2 Å². The molecule has 2 rings (SSSR count). The third kappa shape index (κ3) is 3.96. The topological polar surface area (TPSA) is 66.6 Å². The van der Waals surface area contributed by atoms with Gasteiger partial charge >= 0.3 is 10.2 Å². The molecule has 0 amide bonds. The van der Waals surface area contributed by atoms with Gasteiger partial charge in [0, 0.05) is 19.6 Å². The predicted molar refractivity (Wildman–Crippen MR) is 86.4 cm³/mol. The van der Waals surface area contributed by atoms with E-state index < -0.39 is 10.2 Å². The van der Waals surface area contributed by atoms with Crippen LogP contribution in [-0.2, 0) is 10.2 Å². The smallest absolute Gasteiger partial charge is 0.304 e. The van der Waals surface area contributed by atoms with Crippen molar-refractivity contribution in [3.63, 3.8) is 0 Å². The summed E-state index contributed by atoms with van der Waals surface area (Å²) < 4.78 is 28.9. The van der Waals surface area contributed by atoms with Crippen LogP contribution >= 0.6 is 0 Å². The molecule has 1 aromatic rings. The Morgan fingerprint density at radius 1 is 1.24 bits per heavy atom. The van der Waals surface area contributed by atoms with E-state index in [2.05, 4.69) is 6.92 Å². The maximum atomic E-state index is 12.9. The Labute approximate surface area is 127 Å². The standard InChI is InChI=1S/C15H25N3O2S/c1-14-8-12-17(13-9-14)21(19,20)18(11-5-10-16)15-6-3-2-4-7-15/h2-4,6-7,14H,5,8-13,16H2,1H3. The van der Waals surface area contributed by atoms with Gasteiger partial charge in [0.2, 0.25) is 0 Å². The molecular weight excluding hydrogens is 286 g/mol. The fourth-order valence-electron chi connectivity index (χ4n) is 2.56. The zero-order valence-electron chi connectivity index (χ0n) is 12.6. The maximum absolute atomic E-state index is 12.9. The SMILES string of the molecule is CC1CCN(S(=O)(=O)N(CCCN)c2ccccc2)CC1. The summed E-state index contributed by atoms with van der Waals surface area (Å²) in [6.45, 7) is 4.29. The van der Waals surface area contributed by atoms with Crippen molar-refractivity contribution in [2.24, 2.45) is 11.7 Å². The molecule has 1 aliphatic heterocycles. The zero-order chi connectivity index (χ0) is 15.3. The summed E-state index contributed by atoms with van der Waals surface area (Å²) in [5, 5.41) is 0. The number of hydrogen-bond donors (Lipinski definition) is 1. The van der Waals surface area contributed by atoms with Crippen molar-refractivity contribution in [2.75, 3.05) is 30.5 Å². The first kappa shape index (κ1) is 16.3. The monoisotopic (exact) mass is 311 g/mol. The van der Waals surface area contributed by atoms with Gasteiger partial charge in [0.05, 0.1) is 5.69 Å². The fourth-order valence-corrected chi connectivity index (χ4v) is 4.26. The highest BCUT2D eigenvalue weighted by Crippen LogP contribution is 2.25. The molecule has 0 unspecified atom stereocenters. The molecule has 0 aliphatic carbocycles. The van der Waals surface area contributed by atoms with Gasteiger partial charge in [-0.1, -0.05) is 25.1 Å². The minimum atomic E-state index is -3.46. The average Bonchev–Trinajstić information content (AvgIpc) is 2.49. The molecule has 0 bridgehead atoms. The zero-order valence-corrected chi connectivity index (χ0v) is 13.4. The number of benzene rings is 1. The second kappa shape index (κ2) is 7.24. The van der Waals surface area contributed by atoms with Gasteiger partial charge in [0.1, 0.15) is 0 Å². The van der Waals surface area contributed by atoms with E-state index in [-0.39, 0.29) is 0 Å². The van der Waals surface area contributed by atoms with Crippen LogP contribution in [0.4, 0.5) is 5.69 Å².